The quantitative estimate of drug-likeness (QED) is 0.277. The largest absolute Gasteiger partial charge is 0.496 e. The molecule has 1 aliphatic rings. The van der Waals surface area contributed by atoms with Crippen molar-refractivity contribution in [2.24, 2.45) is 0 Å². The van der Waals surface area contributed by atoms with Crippen molar-refractivity contribution in [1.82, 2.24) is 14.9 Å². The molecule has 0 atom stereocenters. The minimum atomic E-state index is -0.194. The fraction of sp³-hybridized carbons (Fsp3) is 0.147. The number of benzene rings is 3. The van der Waals surface area contributed by atoms with Crippen molar-refractivity contribution in [1.29, 1.82) is 0 Å². The summed E-state index contributed by atoms with van der Waals surface area (Å²) in [6.07, 6.45) is 1.70. The summed E-state index contributed by atoms with van der Waals surface area (Å²) in [5, 5.41) is 2.97. The number of aromatic nitrogens is 2. The van der Waals surface area contributed by atoms with E-state index in [1.807, 2.05) is 95.6 Å². The predicted molar refractivity (Wildman–Crippen MR) is 161 cm³/mol. The molecule has 8 nitrogen and oxygen atoms in total. The monoisotopic (exact) mass is 558 g/mol. The van der Waals surface area contributed by atoms with E-state index in [2.05, 4.69) is 10.3 Å². The van der Waals surface area contributed by atoms with Crippen LogP contribution in [0.15, 0.2) is 103 Å². The van der Waals surface area contributed by atoms with E-state index in [4.69, 9.17) is 9.47 Å². The summed E-state index contributed by atoms with van der Waals surface area (Å²) in [4.78, 5) is 33.4. The molecule has 0 saturated carbocycles. The molecule has 42 heavy (non-hydrogen) atoms. The van der Waals surface area contributed by atoms with E-state index in [1.165, 1.54) is 0 Å². The van der Waals surface area contributed by atoms with Crippen molar-refractivity contribution in [3.8, 4) is 22.6 Å². The molecule has 0 saturated heterocycles. The van der Waals surface area contributed by atoms with Gasteiger partial charge < -0.3 is 24.3 Å². The van der Waals surface area contributed by atoms with Crippen LogP contribution in [-0.4, -0.2) is 35.6 Å². The highest BCUT2D eigenvalue weighted by Crippen LogP contribution is 2.38. The third-order valence-corrected chi connectivity index (χ3v) is 7.48. The summed E-state index contributed by atoms with van der Waals surface area (Å²) >= 11 is 0. The van der Waals surface area contributed by atoms with Crippen molar-refractivity contribution in [3.63, 3.8) is 0 Å². The smallest absolute Gasteiger partial charge is 0.268 e. The molecule has 5 aromatic rings. The number of anilines is 1. The van der Waals surface area contributed by atoms with Crippen LogP contribution in [-0.2, 0) is 19.6 Å². The number of amides is 2. The second-order valence-corrected chi connectivity index (χ2v) is 9.94. The SMILES string of the molecule is COc1ccccc1-c1ccc(C(=O)N2Cc3ccc(C(=O)NCc4ccccn4)n3Cc3ccccc32)cc1OC. The van der Waals surface area contributed by atoms with Crippen LogP contribution >= 0.6 is 0 Å². The van der Waals surface area contributed by atoms with Crippen LogP contribution in [0.2, 0.25) is 0 Å². The van der Waals surface area contributed by atoms with E-state index < -0.39 is 0 Å². The number of ether oxygens (including phenoxy) is 2. The number of nitrogens with zero attached hydrogens (tertiary/aromatic N) is 3. The highest BCUT2D eigenvalue weighted by Gasteiger charge is 2.28. The van der Waals surface area contributed by atoms with Crippen LogP contribution in [0.3, 0.4) is 0 Å². The minimum absolute atomic E-state index is 0.164. The first-order valence-electron chi connectivity index (χ1n) is 13.6. The summed E-state index contributed by atoms with van der Waals surface area (Å²) in [5.41, 5.74) is 6.13. The molecule has 0 aliphatic carbocycles. The number of methoxy groups -OCH3 is 2. The van der Waals surface area contributed by atoms with Gasteiger partial charge in [0.2, 0.25) is 0 Å². The van der Waals surface area contributed by atoms with Crippen LogP contribution in [0.25, 0.3) is 11.1 Å². The van der Waals surface area contributed by atoms with Crippen LogP contribution in [0.1, 0.15) is 37.8 Å². The molecule has 0 bridgehead atoms. The molecule has 2 aromatic heterocycles. The average Bonchev–Trinajstić information content (AvgIpc) is 3.36. The average molecular weight is 559 g/mol. The molecule has 1 N–H and O–H groups in total. The van der Waals surface area contributed by atoms with E-state index in [1.54, 1.807) is 31.4 Å². The lowest BCUT2D eigenvalue weighted by molar-refractivity contribution is 0.0940. The standard InChI is InChI=1S/C34H30N4O4/c1-41-31-13-6-4-11-27(31)28-16-14-23(19-32(28)42-2)34(40)38-22-26-15-17-30(33(39)36-20-25-10-7-8-18-35-25)37(26)21-24-9-3-5-12-29(24)38/h3-19H,20-22H2,1-2H3,(H,36,39). The molecular formula is C34H30N4O4. The molecule has 0 unspecified atom stereocenters. The minimum Gasteiger partial charge on any atom is -0.496 e. The fourth-order valence-electron chi connectivity index (χ4n) is 5.37. The first kappa shape index (κ1) is 26.8. The van der Waals surface area contributed by atoms with Gasteiger partial charge in [0, 0.05) is 34.3 Å². The summed E-state index contributed by atoms with van der Waals surface area (Å²) < 4.78 is 13.3. The maximum atomic E-state index is 14.1. The molecule has 6 rings (SSSR count). The van der Waals surface area contributed by atoms with Crippen LogP contribution in [0.5, 0.6) is 11.5 Å². The zero-order valence-electron chi connectivity index (χ0n) is 23.4. The summed E-state index contributed by atoms with van der Waals surface area (Å²) in [6.45, 7) is 1.10. The van der Waals surface area contributed by atoms with Gasteiger partial charge in [-0.05, 0) is 60.2 Å². The van der Waals surface area contributed by atoms with Gasteiger partial charge in [-0.3, -0.25) is 14.6 Å². The van der Waals surface area contributed by atoms with Crippen molar-refractivity contribution >= 4 is 17.5 Å². The predicted octanol–water partition coefficient (Wildman–Crippen LogP) is 5.71. The zero-order chi connectivity index (χ0) is 29.1. The van der Waals surface area contributed by atoms with E-state index in [-0.39, 0.29) is 11.8 Å². The van der Waals surface area contributed by atoms with Gasteiger partial charge in [0.1, 0.15) is 17.2 Å². The third-order valence-electron chi connectivity index (χ3n) is 7.48. The topological polar surface area (TPSA) is 85.7 Å². The highest BCUT2D eigenvalue weighted by atomic mass is 16.5. The summed E-state index contributed by atoms with van der Waals surface area (Å²) in [5.74, 6) is 0.935. The third kappa shape index (κ3) is 5.10. The zero-order valence-corrected chi connectivity index (χ0v) is 23.4. The first-order valence-corrected chi connectivity index (χ1v) is 13.6. The molecule has 8 heteroatoms. The van der Waals surface area contributed by atoms with Gasteiger partial charge in [-0.2, -0.15) is 0 Å². The lowest BCUT2D eigenvalue weighted by atomic mass is 10.0. The Kier molecular flexibility index (Phi) is 7.43. The maximum absolute atomic E-state index is 14.1. The van der Waals surface area contributed by atoms with E-state index in [9.17, 15) is 9.59 Å². The molecule has 3 aromatic carbocycles. The fourth-order valence-corrected chi connectivity index (χ4v) is 5.37. The second kappa shape index (κ2) is 11.6. The Bertz CT molecular complexity index is 1760. The van der Waals surface area contributed by atoms with E-state index in [0.29, 0.717) is 36.6 Å². The lowest BCUT2D eigenvalue weighted by Gasteiger charge is -2.23. The summed E-state index contributed by atoms with van der Waals surface area (Å²) in [6, 6.07) is 30.3. The number of para-hydroxylation sites is 2. The molecular weight excluding hydrogens is 528 g/mol. The van der Waals surface area contributed by atoms with Crippen LogP contribution in [0, 0.1) is 0 Å². The van der Waals surface area contributed by atoms with Crippen molar-refractivity contribution in [3.05, 3.63) is 131 Å². The molecule has 3 heterocycles. The van der Waals surface area contributed by atoms with Crippen molar-refractivity contribution in [2.75, 3.05) is 19.1 Å². The van der Waals surface area contributed by atoms with Gasteiger partial charge in [-0.15, -0.1) is 0 Å². The summed E-state index contributed by atoms with van der Waals surface area (Å²) in [7, 11) is 3.22. The number of fused-ring (bicyclic) bond motifs is 2. The second-order valence-electron chi connectivity index (χ2n) is 9.94. The molecule has 0 radical (unpaired) electrons. The number of rotatable bonds is 7. The van der Waals surface area contributed by atoms with Crippen LogP contribution in [0.4, 0.5) is 5.69 Å². The molecule has 1 aliphatic heterocycles. The van der Waals surface area contributed by atoms with Gasteiger partial charge in [-0.25, -0.2) is 0 Å². The number of hydrogen-bond donors (Lipinski definition) is 1. The Labute approximate surface area is 244 Å². The number of nitrogens with one attached hydrogen (secondary N) is 1. The normalized spacial score (nSPS) is 12.1. The molecule has 0 fully saturated rings. The number of hydrogen-bond acceptors (Lipinski definition) is 5. The number of pyridine rings is 1. The Morgan fingerprint density at radius 3 is 2.38 bits per heavy atom. The molecule has 2 amide bonds. The van der Waals surface area contributed by atoms with Gasteiger partial charge >= 0.3 is 0 Å². The first-order chi connectivity index (χ1) is 20.6. The van der Waals surface area contributed by atoms with Gasteiger partial charge in [0.05, 0.1) is 39.5 Å². The van der Waals surface area contributed by atoms with Gasteiger partial charge in [0.25, 0.3) is 11.8 Å². The highest BCUT2D eigenvalue weighted by molar-refractivity contribution is 6.07. The Morgan fingerprint density at radius 1 is 0.810 bits per heavy atom. The number of carbonyl (C=O) groups is 2. The Morgan fingerprint density at radius 2 is 1.57 bits per heavy atom. The van der Waals surface area contributed by atoms with Crippen molar-refractivity contribution < 1.29 is 19.1 Å². The Balaban J connectivity index is 1.32. The molecule has 0 spiro atoms. The van der Waals surface area contributed by atoms with E-state index in [0.717, 1.165) is 39.5 Å². The van der Waals surface area contributed by atoms with E-state index >= 15 is 0 Å². The Hall–Kier alpha value is -5.37. The van der Waals surface area contributed by atoms with Gasteiger partial charge in [-0.1, -0.05) is 42.5 Å². The number of carbonyl (C=O) groups excluding carboxylic acids is 2. The van der Waals surface area contributed by atoms with Gasteiger partial charge in [0.15, 0.2) is 0 Å². The molecule has 210 valence electrons. The van der Waals surface area contributed by atoms with Crippen LogP contribution < -0.4 is 19.7 Å². The maximum Gasteiger partial charge on any atom is 0.268 e. The van der Waals surface area contributed by atoms with Crippen molar-refractivity contribution in [2.45, 2.75) is 19.6 Å². The lowest BCUT2D eigenvalue weighted by Crippen LogP contribution is -2.30.